The molecule has 2 aromatic rings. The Balaban J connectivity index is 1.42. The first-order valence-electron chi connectivity index (χ1n) is 8.13. The van der Waals surface area contributed by atoms with Gasteiger partial charge >= 0.3 is 0 Å². The maximum absolute atomic E-state index is 12.2. The van der Waals surface area contributed by atoms with E-state index in [2.05, 4.69) is 10.8 Å². The molecule has 0 aliphatic carbocycles. The number of hydrogen-bond acceptors (Lipinski definition) is 4. The van der Waals surface area contributed by atoms with Gasteiger partial charge in [-0.15, -0.1) is 0 Å². The highest BCUT2D eigenvalue weighted by Crippen LogP contribution is 2.27. The number of carbonyl (C=O) groups excluding carboxylic acids is 1. The van der Waals surface area contributed by atoms with Crippen molar-refractivity contribution in [1.82, 2.24) is 5.48 Å². The first kappa shape index (κ1) is 16.6. The maximum atomic E-state index is 12.2. The summed E-state index contributed by atoms with van der Waals surface area (Å²) >= 11 is 0. The third kappa shape index (κ3) is 4.20. The average molecular weight is 326 g/mol. The summed E-state index contributed by atoms with van der Waals surface area (Å²) in [5.74, 6) is -0.192. The standard InChI is InChI=1S/C19H22N2O3/c1-14(23-13-20-24-12-15-7-3-2-4-8-15)17-11-16-9-5-6-10-18(16)21-19(17)22/h2-10,14,17,20H,11-13H2,1H3,(H,21,22). The van der Waals surface area contributed by atoms with Gasteiger partial charge in [-0.05, 0) is 30.5 Å². The Kier molecular flexibility index (Phi) is 5.59. The number of rotatable bonds is 7. The summed E-state index contributed by atoms with van der Waals surface area (Å²) in [5, 5.41) is 2.94. The van der Waals surface area contributed by atoms with Crippen molar-refractivity contribution in [2.45, 2.75) is 26.1 Å². The van der Waals surface area contributed by atoms with Crippen LogP contribution in [0.2, 0.25) is 0 Å². The van der Waals surface area contributed by atoms with Gasteiger partial charge in [0.25, 0.3) is 0 Å². The molecule has 5 nitrogen and oxygen atoms in total. The van der Waals surface area contributed by atoms with E-state index in [1.807, 2.05) is 61.5 Å². The van der Waals surface area contributed by atoms with E-state index < -0.39 is 0 Å². The first-order valence-corrected chi connectivity index (χ1v) is 8.13. The van der Waals surface area contributed by atoms with Gasteiger partial charge in [-0.3, -0.25) is 9.63 Å². The molecule has 2 aromatic carbocycles. The highest BCUT2D eigenvalue weighted by molar-refractivity contribution is 5.96. The molecule has 24 heavy (non-hydrogen) atoms. The summed E-state index contributed by atoms with van der Waals surface area (Å²) in [7, 11) is 0. The van der Waals surface area contributed by atoms with Gasteiger partial charge in [-0.1, -0.05) is 48.5 Å². The van der Waals surface area contributed by atoms with E-state index in [4.69, 9.17) is 9.57 Å². The van der Waals surface area contributed by atoms with Crippen molar-refractivity contribution in [3.63, 3.8) is 0 Å². The van der Waals surface area contributed by atoms with Crippen LogP contribution < -0.4 is 10.8 Å². The van der Waals surface area contributed by atoms with Crippen molar-refractivity contribution in [3.8, 4) is 0 Å². The first-order chi connectivity index (χ1) is 11.7. The van der Waals surface area contributed by atoms with Gasteiger partial charge < -0.3 is 10.1 Å². The Hall–Kier alpha value is -2.21. The predicted molar refractivity (Wildman–Crippen MR) is 92.0 cm³/mol. The minimum absolute atomic E-state index is 0.00593. The highest BCUT2D eigenvalue weighted by atomic mass is 16.7. The average Bonchev–Trinajstić information content (AvgIpc) is 2.61. The summed E-state index contributed by atoms with van der Waals surface area (Å²) in [4.78, 5) is 17.6. The van der Waals surface area contributed by atoms with Crippen LogP contribution in [0.4, 0.5) is 5.69 Å². The minimum Gasteiger partial charge on any atom is -0.360 e. The maximum Gasteiger partial charge on any atom is 0.230 e. The zero-order valence-corrected chi connectivity index (χ0v) is 13.7. The zero-order valence-electron chi connectivity index (χ0n) is 13.7. The SMILES string of the molecule is CC(OCNOCc1ccccc1)C1Cc2ccccc2NC1=O. The number of hydrogen-bond donors (Lipinski definition) is 2. The highest BCUT2D eigenvalue weighted by Gasteiger charge is 2.30. The Morgan fingerprint density at radius 1 is 1.17 bits per heavy atom. The van der Waals surface area contributed by atoms with Crippen molar-refractivity contribution in [2.75, 3.05) is 12.0 Å². The molecular weight excluding hydrogens is 304 g/mol. The molecule has 1 heterocycles. The smallest absolute Gasteiger partial charge is 0.230 e. The van der Waals surface area contributed by atoms with Crippen molar-refractivity contribution in [1.29, 1.82) is 0 Å². The third-order valence-electron chi connectivity index (χ3n) is 4.21. The van der Waals surface area contributed by atoms with Crippen molar-refractivity contribution >= 4 is 11.6 Å². The van der Waals surface area contributed by atoms with E-state index in [1.54, 1.807) is 0 Å². The van der Waals surface area contributed by atoms with Crippen LogP contribution in [0.3, 0.4) is 0 Å². The monoisotopic (exact) mass is 326 g/mol. The molecule has 0 radical (unpaired) electrons. The molecule has 0 aromatic heterocycles. The quantitative estimate of drug-likeness (QED) is 0.467. The molecule has 1 aliphatic rings. The fourth-order valence-corrected chi connectivity index (χ4v) is 2.79. The summed E-state index contributed by atoms with van der Waals surface area (Å²) in [5.41, 5.74) is 5.91. The largest absolute Gasteiger partial charge is 0.360 e. The van der Waals surface area contributed by atoms with Crippen molar-refractivity contribution in [3.05, 3.63) is 65.7 Å². The molecule has 0 fully saturated rings. The van der Waals surface area contributed by atoms with Crippen LogP contribution in [0.5, 0.6) is 0 Å². The van der Waals surface area contributed by atoms with Crippen LogP contribution in [0.25, 0.3) is 0 Å². The molecule has 5 heteroatoms. The van der Waals surface area contributed by atoms with Crippen molar-refractivity contribution < 1.29 is 14.4 Å². The van der Waals surface area contributed by atoms with E-state index >= 15 is 0 Å². The Morgan fingerprint density at radius 2 is 1.92 bits per heavy atom. The molecular formula is C19H22N2O3. The number of nitrogens with one attached hydrogen (secondary N) is 2. The van der Waals surface area contributed by atoms with Crippen LogP contribution in [0.15, 0.2) is 54.6 Å². The molecule has 2 atom stereocenters. The molecule has 2 N–H and O–H groups in total. The lowest BCUT2D eigenvalue weighted by Crippen LogP contribution is -2.39. The second-order valence-corrected chi connectivity index (χ2v) is 5.89. The van der Waals surface area contributed by atoms with Gasteiger partial charge in [0, 0.05) is 5.69 Å². The fraction of sp³-hybridized carbons (Fsp3) is 0.316. The van der Waals surface area contributed by atoms with Gasteiger partial charge in [0.15, 0.2) is 0 Å². The van der Waals surface area contributed by atoms with E-state index in [-0.39, 0.29) is 24.7 Å². The number of hydroxylamine groups is 1. The Labute approximate surface area is 141 Å². The van der Waals surface area contributed by atoms with Gasteiger partial charge in [0.2, 0.25) is 5.91 Å². The third-order valence-corrected chi connectivity index (χ3v) is 4.21. The summed E-state index contributed by atoms with van der Waals surface area (Å²) in [6, 6.07) is 17.8. The molecule has 3 rings (SSSR count). The van der Waals surface area contributed by atoms with Gasteiger partial charge in [-0.2, -0.15) is 5.48 Å². The molecule has 0 saturated carbocycles. The molecule has 0 saturated heterocycles. The summed E-state index contributed by atoms with van der Waals surface area (Å²) in [6.07, 6.45) is 0.486. The number of amides is 1. The van der Waals surface area contributed by atoms with Gasteiger partial charge in [0.05, 0.1) is 18.6 Å². The molecule has 126 valence electrons. The molecule has 1 aliphatic heterocycles. The summed E-state index contributed by atoms with van der Waals surface area (Å²) < 4.78 is 5.71. The normalized spacial score (nSPS) is 17.9. The predicted octanol–water partition coefficient (Wildman–Crippen LogP) is 2.88. The van der Waals surface area contributed by atoms with E-state index in [0.717, 1.165) is 16.8 Å². The number of fused-ring (bicyclic) bond motifs is 1. The van der Waals surface area contributed by atoms with Crippen LogP contribution >= 0.6 is 0 Å². The van der Waals surface area contributed by atoms with Crippen LogP contribution in [-0.2, 0) is 27.4 Å². The van der Waals surface area contributed by atoms with E-state index in [1.165, 1.54) is 0 Å². The lowest BCUT2D eigenvalue weighted by molar-refractivity contribution is -0.128. The topological polar surface area (TPSA) is 59.6 Å². The Morgan fingerprint density at radius 3 is 2.75 bits per heavy atom. The number of ether oxygens (including phenoxy) is 1. The lowest BCUT2D eigenvalue weighted by Gasteiger charge is -2.28. The fourth-order valence-electron chi connectivity index (χ4n) is 2.79. The molecule has 1 amide bonds. The van der Waals surface area contributed by atoms with Gasteiger partial charge in [0.1, 0.15) is 6.73 Å². The second kappa shape index (κ2) is 8.06. The molecule has 0 spiro atoms. The number of para-hydroxylation sites is 1. The zero-order chi connectivity index (χ0) is 16.8. The van der Waals surface area contributed by atoms with E-state index in [9.17, 15) is 4.79 Å². The van der Waals surface area contributed by atoms with Crippen LogP contribution in [0, 0.1) is 5.92 Å². The number of anilines is 1. The van der Waals surface area contributed by atoms with Crippen LogP contribution in [-0.4, -0.2) is 18.7 Å². The van der Waals surface area contributed by atoms with Gasteiger partial charge in [-0.25, -0.2) is 0 Å². The summed E-state index contributed by atoms with van der Waals surface area (Å²) in [6.45, 7) is 2.62. The minimum atomic E-state index is -0.203. The second-order valence-electron chi connectivity index (χ2n) is 5.89. The van der Waals surface area contributed by atoms with E-state index in [0.29, 0.717) is 13.0 Å². The van der Waals surface area contributed by atoms with Crippen molar-refractivity contribution in [2.24, 2.45) is 5.92 Å². The number of carbonyl (C=O) groups is 1. The number of benzene rings is 2. The lowest BCUT2D eigenvalue weighted by atomic mass is 9.89. The molecule has 2 unspecified atom stereocenters. The Bertz CT molecular complexity index is 675. The molecule has 0 bridgehead atoms. The van der Waals surface area contributed by atoms with Crippen LogP contribution in [0.1, 0.15) is 18.1 Å².